The van der Waals surface area contributed by atoms with Gasteiger partial charge in [0.25, 0.3) is 5.91 Å². The van der Waals surface area contributed by atoms with Crippen molar-refractivity contribution in [1.82, 2.24) is 4.98 Å². The Balaban J connectivity index is 1.65. The molecule has 4 aromatic rings. The summed E-state index contributed by atoms with van der Waals surface area (Å²) >= 11 is 1.17. The first kappa shape index (κ1) is 23.4. The first-order valence-electron chi connectivity index (χ1n) is 11.1. The minimum atomic E-state index is -1.18. The number of amides is 1. The number of aliphatic hydroxyl groups is 1. The van der Waals surface area contributed by atoms with Crippen LogP contribution in [0.1, 0.15) is 27.0 Å². The van der Waals surface area contributed by atoms with Crippen molar-refractivity contribution >= 4 is 28.7 Å². The number of anilines is 1. The molecule has 0 bridgehead atoms. The molecular weight excluding hydrogens is 479 g/mol. The van der Waals surface area contributed by atoms with E-state index >= 15 is 4.39 Å². The predicted octanol–water partition coefficient (Wildman–Crippen LogP) is 6.05. The third-order valence-corrected chi connectivity index (χ3v) is 7.21. The second-order valence-electron chi connectivity index (χ2n) is 8.19. The molecule has 180 valence electrons. The Morgan fingerprint density at radius 1 is 1.06 bits per heavy atom. The molecule has 0 spiro atoms. The van der Waals surface area contributed by atoms with Crippen LogP contribution in [0.4, 0.5) is 10.1 Å². The molecule has 0 saturated heterocycles. The summed E-state index contributed by atoms with van der Waals surface area (Å²) in [5, 5.41) is 11.6. The van der Waals surface area contributed by atoms with Crippen LogP contribution < -0.4 is 9.64 Å². The van der Waals surface area contributed by atoms with Gasteiger partial charge >= 0.3 is 0 Å². The zero-order valence-corrected chi connectivity index (χ0v) is 20.3. The van der Waals surface area contributed by atoms with Crippen molar-refractivity contribution in [3.63, 3.8) is 0 Å². The number of halogens is 1. The van der Waals surface area contributed by atoms with E-state index in [1.807, 2.05) is 30.3 Å². The Morgan fingerprint density at radius 3 is 2.50 bits per heavy atom. The number of Topliss-reactive ketones (excluding diaryl/α,β-unsaturated/α-hetero) is 1. The quantitative estimate of drug-likeness (QED) is 0.326. The van der Waals surface area contributed by atoms with Crippen LogP contribution in [0, 0.1) is 12.7 Å². The lowest BCUT2D eigenvalue weighted by Crippen LogP contribution is -2.31. The van der Waals surface area contributed by atoms with Gasteiger partial charge in [-0.05, 0) is 25.1 Å². The third kappa shape index (κ3) is 3.95. The van der Waals surface area contributed by atoms with Crippen molar-refractivity contribution in [3.8, 4) is 16.3 Å². The van der Waals surface area contributed by atoms with E-state index in [9.17, 15) is 14.7 Å². The Kier molecular flexibility index (Phi) is 6.12. The van der Waals surface area contributed by atoms with Crippen molar-refractivity contribution in [2.45, 2.75) is 13.0 Å². The third-order valence-electron chi connectivity index (χ3n) is 6.01. The number of nitrogens with zero attached hydrogens (tertiary/aromatic N) is 2. The molecule has 6 nitrogen and oxygen atoms in total. The first-order chi connectivity index (χ1) is 17.4. The molecule has 0 aliphatic carbocycles. The zero-order chi connectivity index (χ0) is 25.4. The topological polar surface area (TPSA) is 79.7 Å². The number of methoxy groups -OCH3 is 1. The number of aliphatic hydroxyl groups excluding tert-OH is 1. The molecule has 0 radical (unpaired) electrons. The molecule has 3 aromatic carbocycles. The molecule has 1 aromatic heterocycles. The fourth-order valence-corrected chi connectivity index (χ4v) is 5.31. The normalized spacial score (nSPS) is 15.5. The van der Waals surface area contributed by atoms with Gasteiger partial charge in [0.2, 0.25) is 5.78 Å². The molecule has 1 aliphatic heterocycles. The van der Waals surface area contributed by atoms with Crippen LogP contribution in [-0.2, 0) is 4.79 Å². The van der Waals surface area contributed by atoms with Crippen molar-refractivity contribution in [3.05, 3.63) is 112 Å². The van der Waals surface area contributed by atoms with Gasteiger partial charge < -0.3 is 9.84 Å². The minimum Gasteiger partial charge on any atom is -0.503 e. The number of rotatable bonds is 6. The summed E-state index contributed by atoms with van der Waals surface area (Å²) in [6.45, 7) is 1.70. The number of hydrogen-bond donors (Lipinski definition) is 1. The molecule has 1 N–H and O–H groups in total. The van der Waals surface area contributed by atoms with Crippen LogP contribution in [0.5, 0.6) is 5.75 Å². The van der Waals surface area contributed by atoms with Gasteiger partial charge in [-0.25, -0.2) is 9.37 Å². The monoisotopic (exact) mass is 500 g/mol. The van der Waals surface area contributed by atoms with E-state index in [1.54, 1.807) is 37.3 Å². The van der Waals surface area contributed by atoms with Crippen LogP contribution in [0.3, 0.4) is 0 Å². The zero-order valence-electron chi connectivity index (χ0n) is 19.4. The average Bonchev–Trinajstić information content (AvgIpc) is 3.41. The van der Waals surface area contributed by atoms with Crippen molar-refractivity contribution < 1.29 is 23.8 Å². The summed E-state index contributed by atoms with van der Waals surface area (Å²) in [7, 11) is 1.49. The highest BCUT2D eigenvalue weighted by Crippen LogP contribution is 2.44. The fraction of sp³-hybridized carbons (Fsp3) is 0.107. The van der Waals surface area contributed by atoms with Crippen molar-refractivity contribution in [2.24, 2.45) is 0 Å². The summed E-state index contributed by atoms with van der Waals surface area (Å²) in [6, 6.07) is 20.7. The second kappa shape index (κ2) is 9.39. The molecule has 1 atom stereocenters. The molecule has 1 aliphatic rings. The Hall–Kier alpha value is -4.30. The summed E-state index contributed by atoms with van der Waals surface area (Å²) in [5.74, 6) is -2.22. The van der Waals surface area contributed by atoms with E-state index in [-0.39, 0.29) is 16.0 Å². The number of aromatic nitrogens is 1. The average molecular weight is 501 g/mol. The smallest absolute Gasteiger partial charge is 0.294 e. The first-order valence-corrected chi connectivity index (χ1v) is 11.9. The number of carbonyl (C=O) groups excluding carboxylic acids is 2. The largest absolute Gasteiger partial charge is 0.503 e. The molecule has 2 heterocycles. The highest BCUT2D eigenvalue weighted by Gasteiger charge is 2.46. The van der Waals surface area contributed by atoms with Crippen LogP contribution in [0.25, 0.3) is 10.6 Å². The Bertz CT molecular complexity index is 1510. The minimum absolute atomic E-state index is 0.0894. The number of ether oxygens (including phenoxy) is 1. The van der Waals surface area contributed by atoms with Crippen LogP contribution in [-0.4, -0.2) is 28.9 Å². The number of aryl methyl sites for hydroxylation is 1. The molecule has 0 fully saturated rings. The van der Waals surface area contributed by atoms with E-state index in [4.69, 9.17) is 4.74 Å². The van der Waals surface area contributed by atoms with Gasteiger partial charge in [0.1, 0.15) is 16.6 Å². The SMILES string of the molecule is COc1cccc(N2C(=O)C(O)=C(C(=O)c3sc(-c4ccccc4)nc3C)C2c2ccccc2F)c1. The lowest BCUT2D eigenvalue weighted by atomic mass is 9.94. The molecule has 1 amide bonds. The summed E-state index contributed by atoms with van der Waals surface area (Å²) in [4.78, 5) is 33.3. The van der Waals surface area contributed by atoms with Crippen LogP contribution in [0.2, 0.25) is 0 Å². The van der Waals surface area contributed by atoms with Gasteiger partial charge in [0.15, 0.2) is 5.76 Å². The maximum Gasteiger partial charge on any atom is 0.294 e. The fourth-order valence-electron chi connectivity index (χ4n) is 4.29. The van der Waals surface area contributed by atoms with Gasteiger partial charge in [-0.3, -0.25) is 14.5 Å². The predicted molar refractivity (Wildman–Crippen MR) is 136 cm³/mol. The molecule has 1 unspecified atom stereocenters. The highest BCUT2D eigenvalue weighted by atomic mass is 32.1. The maximum absolute atomic E-state index is 15.1. The van der Waals surface area contributed by atoms with E-state index in [0.29, 0.717) is 22.1 Å². The Labute approximate surface area is 210 Å². The van der Waals surface area contributed by atoms with Gasteiger partial charge in [0, 0.05) is 22.9 Å². The van der Waals surface area contributed by atoms with Crippen LogP contribution in [0.15, 0.2) is 90.2 Å². The van der Waals surface area contributed by atoms with E-state index in [0.717, 1.165) is 5.56 Å². The number of carbonyl (C=O) groups is 2. The second-order valence-corrected chi connectivity index (χ2v) is 9.19. The molecule has 36 heavy (non-hydrogen) atoms. The summed E-state index contributed by atoms with van der Waals surface area (Å²) < 4.78 is 20.4. The highest BCUT2D eigenvalue weighted by molar-refractivity contribution is 7.17. The van der Waals surface area contributed by atoms with E-state index < -0.39 is 29.3 Å². The maximum atomic E-state index is 15.1. The number of benzene rings is 3. The standard InChI is InChI=1S/C28H21FN2O4S/c1-16-26(36-27(30-16)17-9-4-3-5-10-17)24(32)22-23(20-13-6-7-14-21(20)29)31(28(34)25(22)33)18-11-8-12-19(15-18)35-2/h3-15,23,33H,1-2H3. The van der Waals surface area contributed by atoms with Gasteiger partial charge in [-0.1, -0.05) is 54.6 Å². The van der Waals surface area contributed by atoms with Crippen molar-refractivity contribution in [2.75, 3.05) is 12.0 Å². The van der Waals surface area contributed by atoms with E-state index in [2.05, 4.69) is 4.98 Å². The Morgan fingerprint density at radius 2 is 1.78 bits per heavy atom. The molecule has 0 saturated carbocycles. The molecule has 8 heteroatoms. The van der Waals surface area contributed by atoms with Gasteiger partial charge in [0.05, 0.1) is 29.3 Å². The lowest BCUT2D eigenvalue weighted by Gasteiger charge is -2.27. The molecule has 5 rings (SSSR count). The number of ketones is 1. The molecular formula is C28H21FN2O4S. The number of hydrogen-bond acceptors (Lipinski definition) is 6. The lowest BCUT2D eigenvalue weighted by molar-refractivity contribution is -0.117. The van der Waals surface area contributed by atoms with Gasteiger partial charge in [-0.2, -0.15) is 0 Å². The van der Waals surface area contributed by atoms with E-state index in [1.165, 1.54) is 41.5 Å². The number of thiazole rings is 1. The van der Waals surface area contributed by atoms with Crippen molar-refractivity contribution in [1.29, 1.82) is 0 Å². The van der Waals surface area contributed by atoms with Gasteiger partial charge in [-0.15, -0.1) is 11.3 Å². The summed E-state index contributed by atoms with van der Waals surface area (Å²) in [6.07, 6.45) is 0. The van der Waals surface area contributed by atoms with Crippen LogP contribution >= 0.6 is 11.3 Å². The summed E-state index contributed by atoms with van der Waals surface area (Å²) in [5.41, 5.74) is 1.55.